The van der Waals surface area contributed by atoms with Crippen LogP contribution in [0, 0.1) is 0 Å². The summed E-state index contributed by atoms with van der Waals surface area (Å²) in [5.74, 6) is -1.18. The Morgan fingerprint density at radius 2 is 2.00 bits per heavy atom. The van der Waals surface area contributed by atoms with Gasteiger partial charge in [0.1, 0.15) is 0 Å². The largest absolute Gasteiger partial charge is 0.493 e. The minimum Gasteiger partial charge on any atom is -0.493 e. The Bertz CT molecular complexity index is 1130. The summed E-state index contributed by atoms with van der Waals surface area (Å²) in [4.78, 5) is 24.2. The molecule has 1 aliphatic rings. The molecule has 1 atom stereocenters. The Balaban J connectivity index is 1.62. The first kappa shape index (κ1) is 19.6. The van der Waals surface area contributed by atoms with E-state index in [0.29, 0.717) is 27.8 Å². The fourth-order valence-electron chi connectivity index (χ4n) is 3.15. The van der Waals surface area contributed by atoms with Gasteiger partial charge in [-0.25, -0.2) is 4.68 Å². The Labute approximate surface area is 175 Å². The van der Waals surface area contributed by atoms with Crippen LogP contribution in [0.2, 0.25) is 5.02 Å². The zero-order valence-electron chi connectivity index (χ0n) is 15.4. The van der Waals surface area contributed by atoms with Crippen molar-refractivity contribution in [2.75, 3.05) is 6.79 Å². The molecule has 0 fully saturated rings. The van der Waals surface area contributed by atoms with E-state index in [9.17, 15) is 19.8 Å². The number of ether oxygens (including phenoxy) is 2. The average molecular weight is 430 g/mol. The van der Waals surface area contributed by atoms with Crippen LogP contribution in [0.25, 0.3) is 5.69 Å². The van der Waals surface area contributed by atoms with Crippen LogP contribution >= 0.6 is 11.6 Å². The molecule has 154 valence electrons. The van der Waals surface area contributed by atoms with Crippen LogP contribution in [0.15, 0.2) is 48.5 Å². The van der Waals surface area contributed by atoms with Crippen molar-refractivity contribution in [3.63, 3.8) is 0 Å². The number of carbonyl (C=O) groups is 2. The Hall–Kier alpha value is -3.72. The number of aromatic nitrogens is 2. The molecule has 3 aromatic rings. The highest BCUT2D eigenvalue weighted by atomic mass is 35.5. The number of carboxylic acids is 1. The number of aliphatic carboxylic acids is 1. The molecular formula is C20H16ClN3O6. The third-order valence-corrected chi connectivity index (χ3v) is 4.70. The Morgan fingerprint density at radius 3 is 2.77 bits per heavy atom. The highest BCUT2D eigenvalue weighted by Gasteiger charge is 2.27. The van der Waals surface area contributed by atoms with Crippen LogP contribution in [0.4, 0.5) is 0 Å². The van der Waals surface area contributed by atoms with Crippen LogP contribution in [0.5, 0.6) is 17.4 Å². The first-order chi connectivity index (χ1) is 14.4. The maximum absolute atomic E-state index is 12.8. The SMILES string of the molecule is O=C(O)CC(NC(=O)c1cc(O)n(-c2cccc(Cl)c2)n1)c1cccc2c1OCO2. The molecule has 0 spiro atoms. The number of benzene rings is 2. The van der Waals surface area contributed by atoms with E-state index in [4.69, 9.17) is 21.1 Å². The van der Waals surface area contributed by atoms with Gasteiger partial charge >= 0.3 is 5.97 Å². The van der Waals surface area contributed by atoms with Crippen LogP contribution in [-0.4, -0.2) is 38.7 Å². The van der Waals surface area contributed by atoms with Gasteiger partial charge in [-0.15, -0.1) is 0 Å². The van der Waals surface area contributed by atoms with Crippen molar-refractivity contribution in [2.24, 2.45) is 0 Å². The maximum Gasteiger partial charge on any atom is 0.305 e. The van der Waals surface area contributed by atoms with Crippen molar-refractivity contribution in [1.29, 1.82) is 0 Å². The number of rotatable bonds is 6. The van der Waals surface area contributed by atoms with Gasteiger partial charge in [0.2, 0.25) is 12.7 Å². The monoisotopic (exact) mass is 429 g/mol. The number of para-hydroxylation sites is 1. The molecule has 0 radical (unpaired) electrons. The van der Waals surface area contributed by atoms with Gasteiger partial charge in [-0.3, -0.25) is 9.59 Å². The van der Waals surface area contributed by atoms with Crippen LogP contribution in [0.1, 0.15) is 28.5 Å². The second-order valence-electron chi connectivity index (χ2n) is 6.48. The van der Waals surface area contributed by atoms with Crippen molar-refractivity contribution in [2.45, 2.75) is 12.5 Å². The van der Waals surface area contributed by atoms with Crippen LogP contribution < -0.4 is 14.8 Å². The minimum atomic E-state index is -1.11. The van der Waals surface area contributed by atoms with Crippen molar-refractivity contribution in [3.8, 4) is 23.1 Å². The highest BCUT2D eigenvalue weighted by molar-refractivity contribution is 6.30. The number of carbonyl (C=O) groups excluding carboxylic acids is 1. The standard InChI is InChI=1S/C20H16ClN3O6/c21-11-3-1-4-12(7-11)24-17(25)8-15(23-24)20(28)22-14(9-18(26)27)13-5-2-6-16-19(13)30-10-29-16/h1-8,14,25H,9-10H2,(H,22,28)(H,26,27). The summed E-state index contributed by atoms with van der Waals surface area (Å²) in [6.07, 6.45) is -0.382. The predicted octanol–water partition coefficient (Wildman–Crippen LogP) is 2.91. The summed E-state index contributed by atoms with van der Waals surface area (Å²) in [5.41, 5.74) is 0.847. The molecule has 0 saturated carbocycles. The lowest BCUT2D eigenvalue weighted by Gasteiger charge is -2.18. The molecular weight excluding hydrogens is 414 g/mol. The number of amides is 1. The second kappa shape index (κ2) is 7.96. The molecule has 1 aliphatic heterocycles. The number of nitrogens with one attached hydrogen (secondary N) is 1. The summed E-state index contributed by atoms with van der Waals surface area (Å²) >= 11 is 5.97. The van der Waals surface area contributed by atoms with Crippen molar-refractivity contribution in [1.82, 2.24) is 15.1 Å². The fourth-order valence-corrected chi connectivity index (χ4v) is 3.34. The summed E-state index contributed by atoms with van der Waals surface area (Å²) in [6, 6.07) is 11.9. The summed E-state index contributed by atoms with van der Waals surface area (Å²) in [6.45, 7) is 0.0119. The van der Waals surface area contributed by atoms with Crippen molar-refractivity contribution in [3.05, 3.63) is 64.8 Å². The zero-order valence-corrected chi connectivity index (χ0v) is 16.2. The molecule has 0 aliphatic carbocycles. The molecule has 2 aromatic carbocycles. The fraction of sp³-hybridized carbons (Fsp3) is 0.150. The molecule has 0 bridgehead atoms. The Morgan fingerprint density at radius 1 is 1.20 bits per heavy atom. The van der Waals surface area contributed by atoms with Crippen LogP contribution in [0.3, 0.4) is 0 Å². The summed E-state index contributed by atoms with van der Waals surface area (Å²) < 4.78 is 11.9. The van der Waals surface area contributed by atoms with Gasteiger partial charge in [0, 0.05) is 16.7 Å². The first-order valence-electron chi connectivity index (χ1n) is 8.88. The summed E-state index contributed by atoms with van der Waals surface area (Å²) in [5, 5.41) is 26.7. The number of nitrogens with zero attached hydrogens (tertiary/aromatic N) is 2. The lowest BCUT2D eigenvalue weighted by molar-refractivity contribution is -0.137. The number of hydrogen-bond acceptors (Lipinski definition) is 6. The van der Waals surface area contributed by atoms with Gasteiger partial charge in [0.15, 0.2) is 17.2 Å². The van der Waals surface area contributed by atoms with E-state index in [-0.39, 0.29) is 24.8 Å². The third-order valence-electron chi connectivity index (χ3n) is 4.46. The summed E-state index contributed by atoms with van der Waals surface area (Å²) in [7, 11) is 0. The van der Waals surface area contributed by atoms with Gasteiger partial charge in [-0.2, -0.15) is 5.10 Å². The van der Waals surface area contributed by atoms with Gasteiger partial charge in [0.25, 0.3) is 5.91 Å². The van der Waals surface area contributed by atoms with Gasteiger partial charge in [0.05, 0.1) is 18.2 Å². The molecule has 4 rings (SSSR count). The minimum absolute atomic E-state index is 0.0119. The average Bonchev–Trinajstić information content (AvgIpc) is 3.33. The second-order valence-corrected chi connectivity index (χ2v) is 6.92. The normalized spacial score (nSPS) is 13.1. The van der Waals surface area contributed by atoms with E-state index in [1.165, 1.54) is 6.07 Å². The van der Waals surface area contributed by atoms with E-state index in [0.717, 1.165) is 4.68 Å². The molecule has 3 N–H and O–H groups in total. The quantitative estimate of drug-likeness (QED) is 0.550. The molecule has 10 heteroatoms. The van der Waals surface area contributed by atoms with Gasteiger partial charge < -0.3 is 25.0 Å². The van der Waals surface area contributed by atoms with E-state index in [1.807, 2.05) is 0 Å². The molecule has 1 unspecified atom stereocenters. The zero-order chi connectivity index (χ0) is 21.3. The van der Waals surface area contributed by atoms with Crippen molar-refractivity contribution < 1.29 is 29.3 Å². The topological polar surface area (TPSA) is 123 Å². The van der Waals surface area contributed by atoms with E-state index < -0.39 is 17.9 Å². The molecule has 30 heavy (non-hydrogen) atoms. The molecule has 9 nitrogen and oxygen atoms in total. The third kappa shape index (κ3) is 3.87. The predicted molar refractivity (Wildman–Crippen MR) is 105 cm³/mol. The molecule has 2 heterocycles. The number of carboxylic acid groups (broad SMARTS) is 1. The maximum atomic E-state index is 12.8. The van der Waals surface area contributed by atoms with E-state index in [2.05, 4.69) is 10.4 Å². The lowest BCUT2D eigenvalue weighted by atomic mass is 10.0. The van der Waals surface area contributed by atoms with Crippen molar-refractivity contribution >= 4 is 23.5 Å². The molecule has 0 saturated heterocycles. The number of fused-ring (bicyclic) bond motifs is 1. The lowest BCUT2D eigenvalue weighted by Crippen LogP contribution is -2.30. The Kier molecular flexibility index (Phi) is 5.20. The highest BCUT2D eigenvalue weighted by Crippen LogP contribution is 2.39. The number of aromatic hydroxyl groups is 1. The van der Waals surface area contributed by atoms with E-state index >= 15 is 0 Å². The molecule has 1 aromatic heterocycles. The molecule has 1 amide bonds. The number of hydrogen-bond donors (Lipinski definition) is 3. The number of halogens is 1. The smallest absolute Gasteiger partial charge is 0.305 e. The van der Waals surface area contributed by atoms with Crippen LogP contribution in [-0.2, 0) is 4.79 Å². The van der Waals surface area contributed by atoms with E-state index in [1.54, 1.807) is 42.5 Å². The first-order valence-corrected chi connectivity index (χ1v) is 9.26. The van der Waals surface area contributed by atoms with Gasteiger partial charge in [-0.1, -0.05) is 29.8 Å². The van der Waals surface area contributed by atoms with Gasteiger partial charge in [-0.05, 0) is 24.3 Å².